The average molecular weight is 107 g/mol. The van der Waals surface area contributed by atoms with Crippen LogP contribution < -0.4 is 0 Å². The number of aliphatic imine (C=N–C) groups is 1. The first-order valence-corrected chi connectivity index (χ1v) is 2.65. The Morgan fingerprint density at radius 2 is 2.12 bits per heavy atom. The summed E-state index contributed by atoms with van der Waals surface area (Å²) in [5.74, 6) is 0. The largest absolute Gasteiger partial charge is 0.292 e. The molecule has 8 heavy (non-hydrogen) atoms. The van der Waals surface area contributed by atoms with E-state index >= 15 is 0 Å². The molecule has 0 N–H and O–H groups in total. The molecule has 0 aromatic heterocycles. The Kier molecular flexibility index (Phi) is 1.29. The van der Waals surface area contributed by atoms with Crippen molar-refractivity contribution in [3.63, 3.8) is 0 Å². The molecule has 0 saturated carbocycles. The molecule has 1 aliphatic rings. The molecule has 42 valence electrons. The van der Waals surface area contributed by atoms with Crippen molar-refractivity contribution in [2.24, 2.45) is 4.99 Å². The molecule has 1 heteroatoms. The van der Waals surface area contributed by atoms with Crippen LogP contribution in [0.2, 0.25) is 0 Å². The predicted octanol–water partition coefficient (Wildman–Crippen LogP) is 1.57. The Hall–Kier alpha value is -0.850. The van der Waals surface area contributed by atoms with Gasteiger partial charge in [0.1, 0.15) is 0 Å². The van der Waals surface area contributed by atoms with E-state index in [1.807, 2.05) is 6.21 Å². The topological polar surface area (TPSA) is 12.4 Å². The number of hydrogen-bond acceptors (Lipinski definition) is 1. The zero-order chi connectivity index (χ0) is 5.98. The lowest BCUT2D eigenvalue weighted by molar-refractivity contribution is 1.09. The van der Waals surface area contributed by atoms with E-state index in [-0.39, 0.29) is 0 Å². The van der Waals surface area contributed by atoms with Gasteiger partial charge in [0.05, 0.1) is 6.54 Å². The van der Waals surface area contributed by atoms with E-state index in [1.54, 1.807) is 0 Å². The molecule has 0 aromatic carbocycles. The summed E-state index contributed by atoms with van der Waals surface area (Å²) in [5, 5.41) is 0. The molecule has 0 aromatic rings. The average Bonchev–Trinajstić information content (AvgIpc) is 1.77. The van der Waals surface area contributed by atoms with Gasteiger partial charge in [0, 0.05) is 12.6 Å². The predicted molar refractivity (Wildman–Crippen MR) is 36.3 cm³/mol. The fourth-order valence-corrected chi connectivity index (χ4v) is 0.606. The van der Waals surface area contributed by atoms with Crippen LogP contribution in [0.15, 0.2) is 29.3 Å². The second kappa shape index (κ2) is 1.95. The van der Waals surface area contributed by atoms with E-state index in [4.69, 9.17) is 0 Å². The molecule has 0 saturated heterocycles. The summed E-state index contributed by atoms with van der Waals surface area (Å²) in [7, 11) is 0. The van der Waals surface area contributed by atoms with Gasteiger partial charge in [-0.3, -0.25) is 4.99 Å². The quantitative estimate of drug-likeness (QED) is 0.445. The van der Waals surface area contributed by atoms with Crippen LogP contribution in [0.4, 0.5) is 0 Å². The lowest BCUT2D eigenvalue weighted by Crippen LogP contribution is -1.98. The van der Waals surface area contributed by atoms with Crippen molar-refractivity contribution in [3.05, 3.63) is 24.3 Å². The third-order valence-corrected chi connectivity index (χ3v) is 1.25. The zero-order valence-electron chi connectivity index (χ0n) is 4.85. The fraction of sp³-hybridized carbons (Fsp3) is 0.286. The molecular formula is C7H9N. The highest BCUT2D eigenvalue weighted by molar-refractivity contribution is 5.66. The standard InChI is InChI=1S/C7H9N/c1-6-3-4-8-5-7(6)2/h4H,1-3,5H2. The Morgan fingerprint density at radius 3 is 2.50 bits per heavy atom. The molecule has 1 heterocycles. The van der Waals surface area contributed by atoms with Crippen LogP contribution in [-0.4, -0.2) is 12.8 Å². The van der Waals surface area contributed by atoms with Crippen LogP contribution >= 0.6 is 0 Å². The van der Waals surface area contributed by atoms with E-state index in [1.165, 1.54) is 0 Å². The number of hydrogen-bond donors (Lipinski definition) is 0. The van der Waals surface area contributed by atoms with Crippen molar-refractivity contribution in [2.75, 3.05) is 6.54 Å². The van der Waals surface area contributed by atoms with Crippen molar-refractivity contribution in [2.45, 2.75) is 6.42 Å². The molecule has 0 atom stereocenters. The summed E-state index contributed by atoms with van der Waals surface area (Å²) in [4.78, 5) is 4.02. The Bertz CT molecular complexity index is 136. The van der Waals surface area contributed by atoms with Crippen LogP contribution in [-0.2, 0) is 0 Å². The lowest BCUT2D eigenvalue weighted by Gasteiger charge is -2.07. The Morgan fingerprint density at radius 1 is 1.38 bits per heavy atom. The van der Waals surface area contributed by atoms with Crippen molar-refractivity contribution in [1.29, 1.82) is 0 Å². The minimum atomic E-state index is 0.749. The fourth-order valence-electron chi connectivity index (χ4n) is 0.606. The van der Waals surface area contributed by atoms with Crippen LogP contribution in [0, 0.1) is 0 Å². The van der Waals surface area contributed by atoms with E-state index in [9.17, 15) is 0 Å². The summed E-state index contributed by atoms with van der Waals surface area (Å²) in [6, 6.07) is 0. The van der Waals surface area contributed by atoms with Gasteiger partial charge in [-0.15, -0.1) is 0 Å². The van der Waals surface area contributed by atoms with Gasteiger partial charge < -0.3 is 0 Å². The lowest BCUT2D eigenvalue weighted by atomic mass is 10.1. The molecule has 0 fully saturated rings. The van der Waals surface area contributed by atoms with E-state index in [0.29, 0.717) is 0 Å². The first-order valence-electron chi connectivity index (χ1n) is 2.65. The maximum absolute atomic E-state index is 4.02. The van der Waals surface area contributed by atoms with Gasteiger partial charge in [0.2, 0.25) is 0 Å². The van der Waals surface area contributed by atoms with Crippen LogP contribution in [0.25, 0.3) is 0 Å². The summed E-state index contributed by atoms with van der Waals surface area (Å²) in [5.41, 5.74) is 2.20. The molecule has 0 radical (unpaired) electrons. The van der Waals surface area contributed by atoms with Gasteiger partial charge in [-0.2, -0.15) is 0 Å². The summed E-state index contributed by atoms with van der Waals surface area (Å²) in [6.07, 6.45) is 2.77. The highest BCUT2D eigenvalue weighted by Crippen LogP contribution is 2.11. The molecule has 0 aliphatic carbocycles. The van der Waals surface area contributed by atoms with Crippen molar-refractivity contribution in [1.82, 2.24) is 0 Å². The SMILES string of the molecule is C=C1CC=NCC1=C. The molecule has 1 rings (SSSR count). The second-order valence-corrected chi connectivity index (χ2v) is 1.93. The van der Waals surface area contributed by atoms with Crippen molar-refractivity contribution < 1.29 is 0 Å². The Labute approximate surface area is 49.4 Å². The first kappa shape index (κ1) is 5.29. The molecule has 1 nitrogen and oxygen atoms in total. The molecule has 0 spiro atoms. The van der Waals surface area contributed by atoms with Gasteiger partial charge in [-0.25, -0.2) is 0 Å². The number of nitrogens with zero attached hydrogens (tertiary/aromatic N) is 1. The Balaban J connectivity index is 2.71. The third kappa shape index (κ3) is 0.861. The highest BCUT2D eigenvalue weighted by Gasteiger charge is 2.00. The van der Waals surface area contributed by atoms with Gasteiger partial charge in [-0.05, 0) is 11.1 Å². The van der Waals surface area contributed by atoms with Crippen molar-refractivity contribution in [3.8, 4) is 0 Å². The van der Waals surface area contributed by atoms with Gasteiger partial charge >= 0.3 is 0 Å². The van der Waals surface area contributed by atoms with Crippen LogP contribution in [0.5, 0.6) is 0 Å². The maximum Gasteiger partial charge on any atom is 0.0632 e. The minimum absolute atomic E-state index is 0.749. The zero-order valence-corrected chi connectivity index (χ0v) is 4.85. The molecular weight excluding hydrogens is 98.1 g/mol. The van der Waals surface area contributed by atoms with E-state index in [0.717, 1.165) is 24.1 Å². The van der Waals surface area contributed by atoms with Crippen LogP contribution in [0.1, 0.15) is 6.42 Å². The highest BCUT2D eigenvalue weighted by atomic mass is 14.7. The first-order chi connectivity index (χ1) is 3.80. The third-order valence-electron chi connectivity index (χ3n) is 1.25. The molecule has 1 aliphatic heterocycles. The maximum atomic E-state index is 4.02. The molecule has 0 bridgehead atoms. The van der Waals surface area contributed by atoms with E-state index in [2.05, 4.69) is 18.2 Å². The van der Waals surface area contributed by atoms with Crippen molar-refractivity contribution >= 4 is 6.21 Å². The van der Waals surface area contributed by atoms with E-state index < -0.39 is 0 Å². The number of rotatable bonds is 0. The summed E-state index contributed by atoms with van der Waals surface area (Å²) in [6.45, 7) is 8.34. The monoisotopic (exact) mass is 107 g/mol. The summed E-state index contributed by atoms with van der Waals surface area (Å²) < 4.78 is 0. The minimum Gasteiger partial charge on any atom is -0.292 e. The van der Waals surface area contributed by atoms with Gasteiger partial charge in [0.25, 0.3) is 0 Å². The second-order valence-electron chi connectivity index (χ2n) is 1.93. The summed E-state index contributed by atoms with van der Waals surface area (Å²) >= 11 is 0. The van der Waals surface area contributed by atoms with Gasteiger partial charge in [0.15, 0.2) is 0 Å². The molecule has 0 unspecified atom stereocenters. The normalized spacial score (nSPS) is 19.5. The molecule has 0 amide bonds. The smallest absolute Gasteiger partial charge is 0.0632 e. The van der Waals surface area contributed by atoms with Crippen LogP contribution in [0.3, 0.4) is 0 Å². The van der Waals surface area contributed by atoms with Gasteiger partial charge in [-0.1, -0.05) is 13.2 Å².